The molecule has 0 fully saturated rings. The standard InChI is InChI=1S/C9H5F3O3/c10-7-5(3-13)1-2-6(4-14)8(7)15-9(11)12/h1-4,9H. The Labute approximate surface area is 82.5 Å². The number of alkyl halides is 2. The van der Waals surface area contributed by atoms with Crippen LogP contribution < -0.4 is 4.74 Å². The molecule has 0 aromatic heterocycles. The van der Waals surface area contributed by atoms with Gasteiger partial charge in [0.25, 0.3) is 0 Å². The molecule has 0 saturated carbocycles. The summed E-state index contributed by atoms with van der Waals surface area (Å²) in [5.41, 5.74) is -0.824. The van der Waals surface area contributed by atoms with Crippen molar-refractivity contribution in [1.29, 1.82) is 0 Å². The van der Waals surface area contributed by atoms with Crippen LogP contribution in [0.3, 0.4) is 0 Å². The van der Waals surface area contributed by atoms with Crippen LogP contribution in [0.5, 0.6) is 5.75 Å². The number of benzene rings is 1. The Hall–Kier alpha value is -1.85. The number of hydrogen-bond acceptors (Lipinski definition) is 3. The van der Waals surface area contributed by atoms with Gasteiger partial charge in [-0.15, -0.1) is 0 Å². The third-order valence-electron chi connectivity index (χ3n) is 1.62. The molecule has 0 N–H and O–H groups in total. The number of ether oxygens (including phenoxy) is 1. The smallest absolute Gasteiger partial charge is 0.387 e. The van der Waals surface area contributed by atoms with Gasteiger partial charge in [0.1, 0.15) is 0 Å². The molecule has 0 atom stereocenters. The summed E-state index contributed by atoms with van der Waals surface area (Å²) in [7, 11) is 0. The van der Waals surface area contributed by atoms with Crippen molar-refractivity contribution in [3.63, 3.8) is 0 Å². The van der Waals surface area contributed by atoms with Gasteiger partial charge in [-0.3, -0.25) is 9.59 Å². The van der Waals surface area contributed by atoms with Crippen LogP contribution in [0.1, 0.15) is 20.7 Å². The maximum Gasteiger partial charge on any atom is 0.387 e. The first-order valence-electron chi connectivity index (χ1n) is 3.77. The molecule has 0 aliphatic carbocycles. The molecule has 0 aliphatic rings. The Kier molecular flexibility index (Phi) is 3.43. The fraction of sp³-hybridized carbons (Fsp3) is 0.111. The predicted molar refractivity (Wildman–Crippen MR) is 43.8 cm³/mol. The number of carbonyl (C=O) groups is 2. The zero-order valence-electron chi connectivity index (χ0n) is 7.25. The molecule has 0 bridgehead atoms. The van der Waals surface area contributed by atoms with E-state index in [9.17, 15) is 22.8 Å². The summed E-state index contributed by atoms with van der Waals surface area (Å²) in [6.07, 6.45) is 0.303. The molecule has 80 valence electrons. The lowest BCUT2D eigenvalue weighted by Crippen LogP contribution is -2.07. The summed E-state index contributed by atoms with van der Waals surface area (Å²) in [5.74, 6) is -2.18. The summed E-state index contributed by atoms with van der Waals surface area (Å²) in [6.45, 7) is -3.26. The maximum absolute atomic E-state index is 13.2. The van der Waals surface area contributed by atoms with Crippen LogP contribution in [0.2, 0.25) is 0 Å². The molecule has 1 rings (SSSR count). The van der Waals surface area contributed by atoms with Gasteiger partial charge in [0.2, 0.25) is 0 Å². The summed E-state index contributed by atoms with van der Waals surface area (Å²) < 4.78 is 40.8. The maximum atomic E-state index is 13.2. The van der Waals surface area contributed by atoms with Crippen LogP contribution in [-0.4, -0.2) is 19.2 Å². The van der Waals surface area contributed by atoms with Gasteiger partial charge in [0.05, 0.1) is 11.1 Å². The van der Waals surface area contributed by atoms with E-state index < -0.39 is 23.7 Å². The van der Waals surface area contributed by atoms with E-state index in [0.717, 1.165) is 12.1 Å². The molecule has 3 nitrogen and oxygen atoms in total. The van der Waals surface area contributed by atoms with Crippen molar-refractivity contribution >= 4 is 12.6 Å². The number of hydrogen-bond donors (Lipinski definition) is 0. The second-order valence-corrected chi connectivity index (χ2v) is 2.50. The normalized spacial score (nSPS) is 10.1. The van der Waals surface area contributed by atoms with E-state index in [2.05, 4.69) is 4.74 Å². The van der Waals surface area contributed by atoms with Crippen molar-refractivity contribution in [3.8, 4) is 5.75 Å². The molecule has 0 heterocycles. The van der Waals surface area contributed by atoms with Crippen molar-refractivity contribution in [1.82, 2.24) is 0 Å². The summed E-state index contributed by atoms with van der Waals surface area (Å²) >= 11 is 0. The Morgan fingerprint density at radius 2 is 1.67 bits per heavy atom. The molecule has 0 spiro atoms. The molecule has 1 aromatic rings. The quantitative estimate of drug-likeness (QED) is 0.726. The Balaban J connectivity index is 3.28. The van der Waals surface area contributed by atoms with Gasteiger partial charge in [-0.05, 0) is 12.1 Å². The largest absolute Gasteiger partial charge is 0.431 e. The summed E-state index contributed by atoms with van der Waals surface area (Å²) in [5, 5.41) is 0. The van der Waals surface area contributed by atoms with E-state index in [1.807, 2.05) is 0 Å². The molecular weight excluding hydrogens is 213 g/mol. The topological polar surface area (TPSA) is 43.4 Å². The van der Waals surface area contributed by atoms with Gasteiger partial charge in [-0.1, -0.05) is 0 Å². The number of rotatable bonds is 4. The SMILES string of the molecule is O=Cc1ccc(C=O)c(OC(F)F)c1F. The molecule has 0 saturated heterocycles. The van der Waals surface area contributed by atoms with Crippen LogP contribution in [0.15, 0.2) is 12.1 Å². The molecule has 15 heavy (non-hydrogen) atoms. The average molecular weight is 218 g/mol. The number of aldehydes is 2. The predicted octanol–water partition coefficient (Wildman–Crippen LogP) is 2.05. The zero-order chi connectivity index (χ0) is 11.4. The zero-order valence-corrected chi connectivity index (χ0v) is 7.25. The Bertz CT molecular complexity index is 390. The van der Waals surface area contributed by atoms with E-state index >= 15 is 0 Å². The van der Waals surface area contributed by atoms with Crippen molar-refractivity contribution < 1.29 is 27.5 Å². The molecular formula is C9H5F3O3. The van der Waals surface area contributed by atoms with E-state index in [1.165, 1.54) is 0 Å². The Morgan fingerprint density at radius 3 is 2.13 bits per heavy atom. The third kappa shape index (κ3) is 2.34. The first-order valence-corrected chi connectivity index (χ1v) is 3.77. The molecule has 0 aliphatic heterocycles. The van der Waals surface area contributed by atoms with Crippen LogP contribution in [0.4, 0.5) is 13.2 Å². The van der Waals surface area contributed by atoms with Crippen LogP contribution in [0, 0.1) is 5.82 Å². The highest BCUT2D eigenvalue weighted by Gasteiger charge is 2.17. The molecule has 1 aromatic carbocycles. The van der Waals surface area contributed by atoms with E-state index in [1.54, 1.807) is 0 Å². The van der Waals surface area contributed by atoms with Gasteiger partial charge in [0.15, 0.2) is 24.1 Å². The molecule has 0 amide bonds. The number of carbonyl (C=O) groups excluding carboxylic acids is 2. The summed E-state index contributed by atoms with van der Waals surface area (Å²) in [4.78, 5) is 20.7. The van der Waals surface area contributed by atoms with Crippen molar-refractivity contribution in [2.75, 3.05) is 0 Å². The minimum absolute atomic E-state index is 0.141. The lowest BCUT2D eigenvalue weighted by Gasteiger charge is -2.08. The Morgan fingerprint density at radius 1 is 1.13 bits per heavy atom. The minimum atomic E-state index is -3.26. The van der Waals surface area contributed by atoms with Gasteiger partial charge in [-0.25, -0.2) is 4.39 Å². The third-order valence-corrected chi connectivity index (χ3v) is 1.62. The summed E-state index contributed by atoms with van der Waals surface area (Å²) in [6, 6.07) is 2.03. The molecule has 0 radical (unpaired) electrons. The van der Waals surface area contributed by atoms with Crippen LogP contribution in [0.25, 0.3) is 0 Å². The fourth-order valence-corrected chi connectivity index (χ4v) is 0.979. The lowest BCUT2D eigenvalue weighted by molar-refractivity contribution is -0.0524. The lowest BCUT2D eigenvalue weighted by atomic mass is 10.1. The highest BCUT2D eigenvalue weighted by atomic mass is 19.3. The van der Waals surface area contributed by atoms with Crippen LogP contribution in [-0.2, 0) is 0 Å². The first kappa shape index (κ1) is 11.2. The highest BCUT2D eigenvalue weighted by molar-refractivity contribution is 5.84. The second-order valence-electron chi connectivity index (χ2n) is 2.50. The van der Waals surface area contributed by atoms with E-state index in [-0.39, 0.29) is 18.1 Å². The van der Waals surface area contributed by atoms with Crippen LogP contribution >= 0.6 is 0 Å². The van der Waals surface area contributed by atoms with Crippen molar-refractivity contribution in [3.05, 3.63) is 29.1 Å². The van der Waals surface area contributed by atoms with Gasteiger partial charge in [0, 0.05) is 0 Å². The van der Waals surface area contributed by atoms with Gasteiger partial charge < -0.3 is 4.74 Å². The minimum Gasteiger partial charge on any atom is -0.431 e. The molecule has 6 heteroatoms. The van der Waals surface area contributed by atoms with E-state index in [0.29, 0.717) is 0 Å². The second kappa shape index (κ2) is 4.59. The average Bonchev–Trinajstić information content (AvgIpc) is 2.20. The molecule has 0 unspecified atom stereocenters. The fourth-order valence-electron chi connectivity index (χ4n) is 0.979. The monoisotopic (exact) mass is 218 g/mol. The van der Waals surface area contributed by atoms with Crippen molar-refractivity contribution in [2.24, 2.45) is 0 Å². The van der Waals surface area contributed by atoms with Gasteiger partial charge >= 0.3 is 6.61 Å². The first-order chi connectivity index (χ1) is 7.10. The van der Waals surface area contributed by atoms with Gasteiger partial charge in [-0.2, -0.15) is 8.78 Å². The van der Waals surface area contributed by atoms with Crippen molar-refractivity contribution in [2.45, 2.75) is 6.61 Å². The van der Waals surface area contributed by atoms with E-state index in [4.69, 9.17) is 0 Å². The number of halogens is 3. The highest BCUT2D eigenvalue weighted by Crippen LogP contribution is 2.25.